The molecular formula is C13H11Cl2N3O2. The summed E-state index contributed by atoms with van der Waals surface area (Å²) in [7, 11) is 1.53. The van der Waals surface area contributed by atoms with Crippen LogP contribution in [0.25, 0.3) is 0 Å². The molecule has 2 aromatic rings. The molecule has 0 spiro atoms. The minimum Gasteiger partial charge on any atom is -0.495 e. The number of ether oxygens (including phenoxy) is 1. The number of methoxy groups -OCH3 is 1. The van der Waals surface area contributed by atoms with E-state index in [4.69, 9.17) is 33.7 Å². The van der Waals surface area contributed by atoms with Gasteiger partial charge in [-0.05, 0) is 29.3 Å². The number of halogens is 2. The van der Waals surface area contributed by atoms with Crippen LogP contribution in [-0.4, -0.2) is 23.0 Å². The van der Waals surface area contributed by atoms with Crippen molar-refractivity contribution >= 4 is 29.1 Å². The van der Waals surface area contributed by atoms with Gasteiger partial charge in [0.2, 0.25) is 5.28 Å². The molecule has 0 atom stereocenters. The maximum Gasteiger partial charge on any atom is 0.252 e. The Morgan fingerprint density at radius 3 is 2.80 bits per heavy atom. The third-order valence-corrected chi connectivity index (χ3v) is 3.19. The van der Waals surface area contributed by atoms with E-state index in [0.29, 0.717) is 22.9 Å². The first-order valence-corrected chi connectivity index (χ1v) is 6.40. The summed E-state index contributed by atoms with van der Waals surface area (Å²) < 4.78 is 5.14. The molecule has 0 aliphatic heterocycles. The molecule has 0 bridgehead atoms. The van der Waals surface area contributed by atoms with Crippen molar-refractivity contribution in [2.45, 2.75) is 6.42 Å². The zero-order chi connectivity index (χ0) is 14.7. The van der Waals surface area contributed by atoms with Gasteiger partial charge in [0.25, 0.3) is 5.91 Å². The van der Waals surface area contributed by atoms with Crippen LogP contribution in [0, 0.1) is 0 Å². The highest BCUT2D eigenvalue weighted by Gasteiger charge is 2.13. The number of rotatable bonds is 4. The second kappa shape index (κ2) is 6.07. The van der Waals surface area contributed by atoms with E-state index >= 15 is 0 Å². The molecule has 0 aliphatic rings. The second-order valence-electron chi connectivity index (χ2n) is 4.01. The zero-order valence-electron chi connectivity index (χ0n) is 10.6. The smallest absolute Gasteiger partial charge is 0.252 e. The lowest BCUT2D eigenvalue weighted by Crippen LogP contribution is -2.16. The average molecular weight is 312 g/mol. The third kappa shape index (κ3) is 3.18. The Kier molecular flexibility index (Phi) is 4.42. The zero-order valence-corrected chi connectivity index (χ0v) is 12.1. The lowest BCUT2D eigenvalue weighted by Gasteiger charge is -2.08. The van der Waals surface area contributed by atoms with Gasteiger partial charge in [-0.15, -0.1) is 0 Å². The molecule has 2 N–H and O–H groups in total. The van der Waals surface area contributed by atoms with Gasteiger partial charge in [0.1, 0.15) is 5.75 Å². The van der Waals surface area contributed by atoms with Gasteiger partial charge >= 0.3 is 0 Å². The highest BCUT2D eigenvalue weighted by Crippen LogP contribution is 2.26. The number of carbonyl (C=O) groups excluding carboxylic acids is 1. The van der Waals surface area contributed by atoms with Crippen LogP contribution in [0.5, 0.6) is 5.75 Å². The lowest BCUT2D eigenvalue weighted by molar-refractivity contribution is 0.0998. The van der Waals surface area contributed by atoms with Gasteiger partial charge in [0.15, 0.2) is 0 Å². The second-order valence-corrected chi connectivity index (χ2v) is 4.75. The minimum absolute atomic E-state index is 0.0610. The van der Waals surface area contributed by atoms with Crippen LogP contribution in [0.1, 0.15) is 21.6 Å². The molecule has 1 aromatic heterocycles. The van der Waals surface area contributed by atoms with Crippen LogP contribution >= 0.6 is 23.2 Å². The molecule has 0 aliphatic carbocycles. The normalized spacial score (nSPS) is 10.3. The molecule has 0 fully saturated rings. The largest absolute Gasteiger partial charge is 0.495 e. The van der Waals surface area contributed by atoms with E-state index in [-0.39, 0.29) is 10.8 Å². The summed E-state index contributed by atoms with van der Waals surface area (Å²) in [5, 5.41) is 0.568. The maximum atomic E-state index is 11.4. The van der Waals surface area contributed by atoms with Gasteiger partial charge in [0, 0.05) is 12.6 Å². The highest BCUT2D eigenvalue weighted by atomic mass is 35.5. The number of nitrogens with two attached hydrogens (primary N) is 1. The Labute approximate surface area is 125 Å². The summed E-state index contributed by atoms with van der Waals surface area (Å²) in [5.74, 6) is -0.0532. The fraction of sp³-hybridized carbons (Fsp3) is 0.154. The van der Waals surface area contributed by atoms with Crippen molar-refractivity contribution in [2.75, 3.05) is 7.11 Å². The van der Waals surface area contributed by atoms with Crippen molar-refractivity contribution in [1.82, 2.24) is 9.97 Å². The highest BCUT2D eigenvalue weighted by molar-refractivity contribution is 6.32. The number of benzene rings is 1. The molecular weight excluding hydrogens is 301 g/mol. The van der Waals surface area contributed by atoms with Gasteiger partial charge in [-0.3, -0.25) is 4.79 Å². The predicted molar refractivity (Wildman–Crippen MR) is 76.4 cm³/mol. The minimum atomic E-state index is -0.599. The number of nitrogens with zero attached hydrogens (tertiary/aromatic N) is 2. The average Bonchev–Trinajstić information content (AvgIpc) is 2.40. The Morgan fingerprint density at radius 1 is 1.40 bits per heavy atom. The Hall–Kier alpha value is -1.85. The monoisotopic (exact) mass is 311 g/mol. The molecule has 104 valence electrons. The Balaban J connectivity index is 2.39. The molecule has 1 amide bonds. The molecule has 20 heavy (non-hydrogen) atoms. The number of primary amides is 1. The predicted octanol–water partition coefficient (Wildman–Crippen LogP) is 2.48. The first-order chi connectivity index (χ1) is 9.51. The van der Waals surface area contributed by atoms with Crippen molar-refractivity contribution in [3.8, 4) is 5.75 Å². The van der Waals surface area contributed by atoms with E-state index in [1.54, 1.807) is 12.1 Å². The summed E-state index contributed by atoms with van der Waals surface area (Å²) in [6.45, 7) is 0. The van der Waals surface area contributed by atoms with Crippen molar-refractivity contribution in [2.24, 2.45) is 5.73 Å². The van der Waals surface area contributed by atoms with Crippen molar-refractivity contribution in [3.63, 3.8) is 0 Å². The summed E-state index contributed by atoms with van der Waals surface area (Å²) >= 11 is 11.7. The Morgan fingerprint density at radius 2 is 2.15 bits per heavy atom. The van der Waals surface area contributed by atoms with Gasteiger partial charge < -0.3 is 10.5 Å². The van der Waals surface area contributed by atoms with Gasteiger partial charge in [-0.2, -0.15) is 0 Å². The van der Waals surface area contributed by atoms with E-state index < -0.39 is 5.91 Å². The fourth-order valence-electron chi connectivity index (χ4n) is 1.74. The van der Waals surface area contributed by atoms with Crippen LogP contribution in [0.2, 0.25) is 10.3 Å². The first-order valence-electron chi connectivity index (χ1n) is 5.65. The van der Waals surface area contributed by atoms with Gasteiger partial charge in [-0.1, -0.05) is 17.7 Å². The summed E-state index contributed by atoms with van der Waals surface area (Å²) in [5.41, 5.74) is 6.85. The maximum absolute atomic E-state index is 11.4. The van der Waals surface area contributed by atoms with Crippen LogP contribution in [-0.2, 0) is 6.42 Å². The molecule has 5 nitrogen and oxygen atoms in total. The van der Waals surface area contributed by atoms with E-state index in [2.05, 4.69) is 9.97 Å². The number of hydrogen-bond donors (Lipinski definition) is 1. The standard InChI is InChI=1S/C13H11Cl2N3O2/c1-20-11-5-7(2-3-9(11)14)4-10-8(12(16)19)6-17-13(15)18-10/h2-3,5-6H,4H2,1H3,(H2,16,19). The van der Waals surface area contributed by atoms with Crippen LogP contribution in [0.15, 0.2) is 24.4 Å². The topological polar surface area (TPSA) is 78.1 Å². The van der Waals surface area contributed by atoms with E-state index in [1.165, 1.54) is 13.3 Å². The molecule has 0 unspecified atom stereocenters. The molecule has 0 saturated heterocycles. The summed E-state index contributed by atoms with van der Waals surface area (Å²) in [6, 6.07) is 5.29. The van der Waals surface area contributed by atoms with Gasteiger partial charge in [0.05, 0.1) is 23.4 Å². The van der Waals surface area contributed by atoms with Crippen molar-refractivity contribution in [1.29, 1.82) is 0 Å². The molecule has 0 saturated carbocycles. The molecule has 0 radical (unpaired) electrons. The number of carbonyl (C=O) groups is 1. The molecule has 7 heteroatoms. The van der Waals surface area contributed by atoms with Crippen LogP contribution in [0.3, 0.4) is 0 Å². The number of amides is 1. The fourth-order valence-corrected chi connectivity index (χ4v) is 2.09. The summed E-state index contributed by atoms with van der Waals surface area (Å²) in [4.78, 5) is 19.2. The number of hydrogen-bond acceptors (Lipinski definition) is 4. The molecule has 1 heterocycles. The molecule has 2 rings (SSSR count). The van der Waals surface area contributed by atoms with Crippen LogP contribution in [0.4, 0.5) is 0 Å². The lowest BCUT2D eigenvalue weighted by atomic mass is 10.1. The van der Waals surface area contributed by atoms with Crippen molar-refractivity contribution in [3.05, 3.63) is 51.5 Å². The third-order valence-electron chi connectivity index (χ3n) is 2.69. The quantitative estimate of drug-likeness (QED) is 0.880. The van der Waals surface area contributed by atoms with Crippen LogP contribution < -0.4 is 10.5 Å². The summed E-state index contributed by atoms with van der Waals surface area (Å²) in [6.07, 6.45) is 1.69. The van der Waals surface area contributed by atoms with E-state index in [0.717, 1.165) is 5.56 Å². The number of aromatic nitrogens is 2. The molecule has 1 aromatic carbocycles. The Bertz CT molecular complexity index is 662. The van der Waals surface area contributed by atoms with Crippen molar-refractivity contribution < 1.29 is 9.53 Å². The first kappa shape index (κ1) is 14.6. The SMILES string of the molecule is COc1cc(Cc2nc(Cl)ncc2C(N)=O)ccc1Cl. The van der Waals surface area contributed by atoms with E-state index in [9.17, 15) is 4.79 Å². The van der Waals surface area contributed by atoms with Gasteiger partial charge in [-0.25, -0.2) is 9.97 Å². The van der Waals surface area contributed by atoms with E-state index in [1.807, 2.05) is 6.07 Å².